The van der Waals surface area contributed by atoms with Crippen LogP contribution in [0.1, 0.15) is 70.0 Å². The maximum Gasteiger partial charge on any atom is 0.226 e. The number of amides is 1. The highest BCUT2D eigenvalue weighted by molar-refractivity contribution is 5.83. The van der Waals surface area contributed by atoms with Crippen molar-refractivity contribution in [2.75, 3.05) is 0 Å². The van der Waals surface area contributed by atoms with E-state index in [1.807, 2.05) is 18.2 Å². The lowest BCUT2D eigenvalue weighted by Gasteiger charge is -2.29. The van der Waals surface area contributed by atoms with Crippen LogP contribution in [0.2, 0.25) is 0 Å². The minimum Gasteiger partial charge on any atom is -0.353 e. The van der Waals surface area contributed by atoms with Gasteiger partial charge in [-0.2, -0.15) is 0 Å². The third-order valence-electron chi connectivity index (χ3n) is 6.18. The molecule has 0 atom stereocenters. The summed E-state index contributed by atoms with van der Waals surface area (Å²) in [6, 6.07) is 8.50. The average molecular weight is 339 g/mol. The monoisotopic (exact) mass is 339 g/mol. The van der Waals surface area contributed by atoms with E-state index < -0.39 is 0 Å². The van der Waals surface area contributed by atoms with Gasteiger partial charge in [-0.05, 0) is 37.8 Å². The van der Waals surface area contributed by atoms with Crippen LogP contribution in [0, 0.1) is 5.41 Å². The molecule has 0 spiro atoms. The molecule has 2 aliphatic carbocycles. The van der Waals surface area contributed by atoms with Crippen molar-refractivity contribution in [2.45, 2.75) is 76.7 Å². The van der Waals surface area contributed by atoms with Gasteiger partial charge in [-0.1, -0.05) is 50.7 Å². The molecule has 0 saturated heterocycles. The number of H-pyrrole nitrogens is 1. The Hall–Kier alpha value is -1.84. The molecule has 2 fully saturated rings. The molecular weight excluding hydrogens is 310 g/mol. The van der Waals surface area contributed by atoms with E-state index in [9.17, 15) is 4.79 Å². The van der Waals surface area contributed by atoms with Gasteiger partial charge >= 0.3 is 0 Å². The minimum atomic E-state index is -0.264. The molecule has 2 aromatic rings. The summed E-state index contributed by atoms with van der Waals surface area (Å²) in [4.78, 5) is 21.4. The van der Waals surface area contributed by atoms with Crippen LogP contribution in [-0.4, -0.2) is 21.9 Å². The van der Waals surface area contributed by atoms with E-state index in [1.165, 1.54) is 25.7 Å². The van der Waals surface area contributed by atoms with E-state index in [0.717, 1.165) is 61.8 Å². The predicted octanol–water partition coefficient (Wildman–Crippen LogP) is 4.50. The van der Waals surface area contributed by atoms with Gasteiger partial charge in [0.2, 0.25) is 5.91 Å². The van der Waals surface area contributed by atoms with Gasteiger partial charge in [-0.25, -0.2) is 4.98 Å². The van der Waals surface area contributed by atoms with Gasteiger partial charge in [-0.3, -0.25) is 4.79 Å². The zero-order valence-electron chi connectivity index (χ0n) is 15.0. The summed E-state index contributed by atoms with van der Waals surface area (Å²) >= 11 is 0. The Labute approximate surface area is 149 Å². The third-order valence-corrected chi connectivity index (χ3v) is 6.18. The molecule has 4 rings (SSSR count). The number of aromatic amines is 1. The summed E-state index contributed by atoms with van der Waals surface area (Å²) in [5.74, 6) is 1.23. The lowest BCUT2D eigenvalue weighted by Crippen LogP contribution is -2.45. The predicted molar refractivity (Wildman–Crippen MR) is 100 cm³/mol. The Morgan fingerprint density at radius 2 is 1.80 bits per heavy atom. The standard InChI is InChI=1S/C21H29N3O/c25-20(22-16-9-3-1-2-4-10-16)21(13-7-8-14-21)15-19-23-17-11-5-6-12-18(17)24-19/h5-6,11-12,16H,1-4,7-10,13-15H2,(H,22,25)(H,23,24). The summed E-state index contributed by atoms with van der Waals surface area (Å²) in [6.07, 6.45) is 12.4. The maximum absolute atomic E-state index is 13.2. The summed E-state index contributed by atoms with van der Waals surface area (Å²) in [5.41, 5.74) is 1.80. The zero-order valence-corrected chi connectivity index (χ0v) is 15.0. The van der Waals surface area contributed by atoms with Crippen LogP contribution in [0.5, 0.6) is 0 Å². The van der Waals surface area contributed by atoms with Gasteiger partial charge in [0.1, 0.15) is 5.82 Å². The fraction of sp³-hybridized carbons (Fsp3) is 0.619. The first kappa shape index (κ1) is 16.6. The van der Waals surface area contributed by atoms with Crippen LogP contribution in [0.3, 0.4) is 0 Å². The molecule has 2 saturated carbocycles. The SMILES string of the molecule is O=C(NC1CCCCCC1)C1(Cc2nc3ccccc3[nH]2)CCCC1. The highest BCUT2D eigenvalue weighted by atomic mass is 16.2. The Morgan fingerprint density at radius 1 is 1.08 bits per heavy atom. The summed E-state index contributed by atoms with van der Waals surface area (Å²) in [7, 11) is 0. The second-order valence-corrected chi connectivity index (χ2v) is 8.03. The molecule has 0 aliphatic heterocycles. The molecule has 0 unspecified atom stereocenters. The van der Waals surface area contributed by atoms with Crippen LogP contribution in [0.15, 0.2) is 24.3 Å². The Morgan fingerprint density at radius 3 is 2.52 bits per heavy atom. The molecular formula is C21H29N3O. The van der Waals surface area contributed by atoms with Crippen LogP contribution < -0.4 is 5.32 Å². The quantitative estimate of drug-likeness (QED) is 0.806. The molecule has 2 aliphatic rings. The average Bonchev–Trinajstić information content (AvgIpc) is 3.17. The zero-order chi connectivity index (χ0) is 17.1. The first-order chi connectivity index (χ1) is 12.3. The second-order valence-electron chi connectivity index (χ2n) is 8.03. The Bertz CT molecular complexity index is 689. The maximum atomic E-state index is 13.2. The molecule has 4 nitrogen and oxygen atoms in total. The van der Waals surface area contributed by atoms with E-state index in [0.29, 0.717) is 6.04 Å². The van der Waals surface area contributed by atoms with Crippen molar-refractivity contribution < 1.29 is 4.79 Å². The second kappa shape index (κ2) is 7.19. The highest BCUT2D eigenvalue weighted by Gasteiger charge is 2.42. The number of nitrogens with one attached hydrogen (secondary N) is 2. The summed E-state index contributed by atoms with van der Waals surface area (Å²) in [6.45, 7) is 0. The van der Waals surface area contributed by atoms with Crippen molar-refractivity contribution in [3.05, 3.63) is 30.1 Å². The van der Waals surface area contributed by atoms with E-state index >= 15 is 0 Å². The molecule has 1 aromatic heterocycles. The van der Waals surface area contributed by atoms with Gasteiger partial charge in [-0.15, -0.1) is 0 Å². The third kappa shape index (κ3) is 3.58. The number of hydrogen-bond donors (Lipinski definition) is 2. The number of fused-ring (bicyclic) bond motifs is 1. The van der Waals surface area contributed by atoms with Gasteiger partial charge in [0.15, 0.2) is 0 Å². The summed E-state index contributed by atoms with van der Waals surface area (Å²) < 4.78 is 0. The number of carbonyl (C=O) groups excluding carboxylic acids is 1. The lowest BCUT2D eigenvalue weighted by molar-refractivity contribution is -0.131. The molecule has 134 valence electrons. The topological polar surface area (TPSA) is 57.8 Å². The van der Waals surface area contributed by atoms with Crippen molar-refractivity contribution in [3.63, 3.8) is 0 Å². The summed E-state index contributed by atoms with van der Waals surface area (Å²) in [5, 5.41) is 3.42. The van der Waals surface area contributed by atoms with Crippen LogP contribution in [-0.2, 0) is 11.2 Å². The smallest absolute Gasteiger partial charge is 0.226 e. The van der Waals surface area contributed by atoms with Crippen molar-refractivity contribution in [1.82, 2.24) is 15.3 Å². The Balaban J connectivity index is 1.51. The number of imidazole rings is 1. The minimum absolute atomic E-state index is 0.264. The molecule has 1 aromatic carbocycles. The molecule has 4 heteroatoms. The van der Waals surface area contributed by atoms with Crippen LogP contribution >= 0.6 is 0 Å². The molecule has 1 amide bonds. The lowest BCUT2D eigenvalue weighted by atomic mass is 9.81. The number of carbonyl (C=O) groups is 1. The normalized spacial score (nSPS) is 21.3. The fourth-order valence-electron chi connectivity index (χ4n) is 4.71. The van der Waals surface area contributed by atoms with E-state index in [1.54, 1.807) is 0 Å². The molecule has 1 heterocycles. The molecule has 2 N–H and O–H groups in total. The van der Waals surface area contributed by atoms with Crippen molar-refractivity contribution in [3.8, 4) is 0 Å². The van der Waals surface area contributed by atoms with Gasteiger partial charge in [0, 0.05) is 12.5 Å². The number of nitrogens with zero attached hydrogens (tertiary/aromatic N) is 1. The van der Waals surface area contributed by atoms with Crippen molar-refractivity contribution in [2.24, 2.45) is 5.41 Å². The number of para-hydroxylation sites is 2. The highest BCUT2D eigenvalue weighted by Crippen LogP contribution is 2.41. The van der Waals surface area contributed by atoms with E-state index in [2.05, 4.69) is 16.4 Å². The first-order valence-corrected chi connectivity index (χ1v) is 10.00. The molecule has 0 bridgehead atoms. The number of rotatable bonds is 4. The number of aromatic nitrogens is 2. The molecule has 0 radical (unpaired) electrons. The van der Waals surface area contributed by atoms with Gasteiger partial charge in [0.05, 0.1) is 16.4 Å². The van der Waals surface area contributed by atoms with Gasteiger partial charge < -0.3 is 10.3 Å². The fourth-order valence-corrected chi connectivity index (χ4v) is 4.71. The van der Waals surface area contributed by atoms with Crippen molar-refractivity contribution >= 4 is 16.9 Å². The van der Waals surface area contributed by atoms with Crippen molar-refractivity contribution in [1.29, 1.82) is 0 Å². The van der Waals surface area contributed by atoms with Gasteiger partial charge in [0.25, 0.3) is 0 Å². The van der Waals surface area contributed by atoms with Crippen LogP contribution in [0.4, 0.5) is 0 Å². The molecule has 25 heavy (non-hydrogen) atoms. The van der Waals surface area contributed by atoms with Crippen LogP contribution in [0.25, 0.3) is 11.0 Å². The number of benzene rings is 1. The van der Waals surface area contributed by atoms with E-state index in [-0.39, 0.29) is 11.3 Å². The largest absolute Gasteiger partial charge is 0.353 e. The number of hydrogen-bond acceptors (Lipinski definition) is 2. The Kier molecular flexibility index (Phi) is 4.78. The van der Waals surface area contributed by atoms with E-state index in [4.69, 9.17) is 4.98 Å². The first-order valence-electron chi connectivity index (χ1n) is 10.00.